The van der Waals surface area contributed by atoms with Gasteiger partial charge in [-0.2, -0.15) is 0 Å². The van der Waals surface area contributed by atoms with Crippen molar-refractivity contribution < 1.29 is 4.92 Å². The van der Waals surface area contributed by atoms with E-state index in [4.69, 9.17) is 23.2 Å². The van der Waals surface area contributed by atoms with E-state index in [-0.39, 0.29) is 15.9 Å². The van der Waals surface area contributed by atoms with Crippen molar-refractivity contribution in [1.29, 1.82) is 0 Å². The summed E-state index contributed by atoms with van der Waals surface area (Å²) in [5.41, 5.74) is 0.250. The standard InChI is InChI=1S/C10H10Cl2N2O2/c1-13(2)10(12)9(11)7-5-3-4-6-8(7)14(15)16/h3-6H,1-2H3. The van der Waals surface area contributed by atoms with Crippen LogP contribution < -0.4 is 0 Å². The molecular formula is C10H10Cl2N2O2. The van der Waals surface area contributed by atoms with Crippen molar-refractivity contribution in [2.75, 3.05) is 14.1 Å². The highest BCUT2D eigenvalue weighted by Gasteiger charge is 2.18. The molecule has 0 amide bonds. The summed E-state index contributed by atoms with van der Waals surface area (Å²) in [6.07, 6.45) is 0. The second-order valence-corrected chi connectivity index (χ2v) is 4.01. The molecule has 0 radical (unpaired) electrons. The minimum Gasteiger partial charge on any atom is -0.367 e. The maximum absolute atomic E-state index is 10.8. The highest BCUT2D eigenvalue weighted by molar-refractivity contribution is 6.54. The lowest BCUT2D eigenvalue weighted by Crippen LogP contribution is -2.07. The zero-order valence-electron chi connectivity index (χ0n) is 8.78. The fourth-order valence-electron chi connectivity index (χ4n) is 1.13. The van der Waals surface area contributed by atoms with Gasteiger partial charge in [-0.15, -0.1) is 0 Å². The van der Waals surface area contributed by atoms with Gasteiger partial charge in [-0.05, 0) is 6.07 Å². The Morgan fingerprint density at radius 3 is 2.38 bits per heavy atom. The van der Waals surface area contributed by atoms with Crippen LogP contribution in [-0.4, -0.2) is 23.9 Å². The molecule has 0 saturated carbocycles. The van der Waals surface area contributed by atoms with Crippen LogP contribution in [-0.2, 0) is 0 Å². The third-order valence-corrected chi connectivity index (χ3v) is 2.92. The summed E-state index contributed by atoms with van der Waals surface area (Å²) < 4.78 is 0. The van der Waals surface area contributed by atoms with Crippen LogP contribution in [0.15, 0.2) is 29.4 Å². The maximum Gasteiger partial charge on any atom is 0.278 e. The molecule has 16 heavy (non-hydrogen) atoms. The van der Waals surface area contributed by atoms with Crippen LogP contribution in [0.1, 0.15) is 5.56 Å². The van der Waals surface area contributed by atoms with Crippen LogP contribution in [0.25, 0.3) is 5.03 Å². The smallest absolute Gasteiger partial charge is 0.278 e. The molecule has 4 nitrogen and oxygen atoms in total. The Bertz CT molecular complexity index is 444. The molecule has 6 heteroatoms. The van der Waals surface area contributed by atoms with Gasteiger partial charge in [0.05, 0.1) is 15.5 Å². The van der Waals surface area contributed by atoms with Crippen LogP contribution in [0.2, 0.25) is 0 Å². The molecule has 0 aliphatic rings. The van der Waals surface area contributed by atoms with Crippen molar-refractivity contribution in [1.82, 2.24) is 4.90 Å². The van der Waals surface area contributed by atoms with Crippen LogP contribution in [0, 0.1) is 10.1 Å². The summed E-state index contributed by atoms with van der Waals surface area (Å²) in [6, 6.07) is 6.20. The molecule has 0 fully saturated rings. The van der Waals surface area contributed by atoms with Crippen molar-refractivity contribution in [3.05, 3.63) is 45.1 Å². The van der Waals surface area contributed by atoms with Crippen molar-refractivity contribution in [2.24, 2.45) is 0 Å². The largest absolute Gasteiger partial charge is 0.367 e. The molecule has 0 atom stereocenters. The minimum atomic E-state index is -0.489. The van der Waals surface area contributed by atoms with Crippen molar-refractivity contribution >= 4 is 33.9 Å². The summed E-state index contributed by atoms with van der Waals surface area (Å²) in [6.45, 7) is 0. The van der Waals surface area contributed by atoms with Crippen molar-refractivity contribution in [3.8, 4) is 0 Å². The van der Waals surface area contributed by atoms with Crippen molar-refractivity contribution in [3.63, 3.8) is 0 Å². The molecule has 0 heterocycles. The van der Waals surface area contributed by atoms with E-state index in [2.05, 4.69) is 0 Å². The van der Waals surface area contributed by atoms with Gasteiger partial charge in [-0.25, -0.2) is 0 Å². The third-order valence-electron chi connectivity index (χ3n) is 1.91. The number of nitro groups is 1. The minimum absolute atomic E-state index is 0.0625. The van der Waals surface area contributed by atoms with Gasteiger partial charge in [0.25, 0.3) is 5.69 Å². The molecule has 1 aromatic carbocycles. The first kappa shape index (κ1) is 12.8. The number of para-hydroxylation sites is 1. The van der Waals surface area contributed by atoms with Crippen LogP contribution >= 0.6 is 23.2 Å². The lowest BCUT2D eigenvalue weighted by molar-refractivity contribution is -0.385. The van der Waals surface area contributed by atoms with E-state index in [1.807, 2.05) is 0 Å². The second kappa shape index (κ2) is 5.18. The molecule has 1 aromatic rings. The first-order valence-corrected chi connectivity index (χ1v) is 5.17. The molecule has 0 aromatic heterocycles. The molecule has 0 aliphatic heterocycles. The molecule has 0 bridgehead atoms. The summed E-state index contributed by atoms with van der Waals surface area (Å²) in [5, 5.41) is 11.2. The van der Waals surface area contributed by atoms with E-state index in [0.29, 0.717) is 5.56 Å². The maximum atomic E-state index is 10.8. The molecule has 0 saturated heterocycles. The molecule has 0 aliphatic carbocycles. The molecule has 0 unspecified atom stereocenters. The Labute approximate surface area is 103 Å². The van der Waals surface area contributed by atoms with Crippen molar-refractivity contribution in [2.45, 2.75) is 0 Å². The quantitative estimate of drug-likeness (QED) is 0.476. The Kier molecular flexibility index (Phi) is 4.15. The number of hydrogen-bond donors (Lipinski definition) is 0. The summed E-state index contributed by atoms with van der Waals surface area (Å²) in [7, 11) is 3.42. The number of rotatable bonds is 3. The number of nitro benzene ring substituents is 1. The molecule has 1 rings (SSSR count). The fraction of sp³-hybridized carbons (Fsp3) is 0.200. The average molecular weight is 261 g/mol. The van der Waals surface area contributed by atoms with E-state index in [1.54, 1.807) is 37.2 Å². The monoisotopic (exact) mass is 260 g/mol. The Hall–Kier alpha value is -1.26. The van der Waals surface area contributed by atoms with Gasteiger partial charge >= 0.3 is 0 Å². The van der Waals surface area contributed by atoms with Gasteiger partial charge < -0.3 is 4.90 Å². The zero-order chi connectivity index (χ0) is 12.3. The topological polar surface area (TPSA) is 46.4 Å². The van der Waals surface area contributed by atoms with E-state index in [0.717, 1.165) is 0 Å². The predicted octanol–water partition coefficient (Wildman–Crippen LogP) is 3.26. The SMILES string of the molecule is CN(C)C(Cl)=C(Cl)c1ccccc1[N+](=O)[O-]. The zero-order valence-corrected chi connectivity index (χ0v) is 10.3. The Morgan fingerprint density at radius 1 is 1.31 bits per heavy atom. The summed E-state index contributed by atoms with van der Waals surface area (Å²) in [4.78, 5) is 11.9. The van der Waals surface area contributed by atoms with Gasteiger partial charge in [0.2, 0.25) is 0 Å². The van der Waals surface area contributed by atoms with Crippen LogP contribution in [0.4, 0.5) is 5.69 Å². The molecule has 0 N–H and O–H groups in total. The Morgan fingerprint density at radius 2 is 1.88 bits per heavy atom. The van der Waals surface area contributed by atoms with Gasteiger partial charge in [-0.1, -0.05) is 35.3 Å². The number of halogens is 2. The fourth-order valence-corrected chi connectivity index (χ4v) is 1.56. The third kappa shape index (κ3) is 2.65. The number of benzene rings is 1. The van der Waals surface area contributed by atoms with E-state index in [1.165, 1.54) is 6.07 Å². The molecule has 0 spiro atoms. The summed E-state index contributed by atoms with van der Waals surface area (Å²) in [5.74, 6) is 0. The molecular weight excluding hydrogens is 251 g/mol. The highest BCUT2D eigenvalue weighted by atomic mass is 35.5. The van der Waals surface area contributed by atoms with E-state index in [9.17, 15) is 10.1 Å². The van der Waals surface area contributed by atoms with E-state index < -0.39 is 4.92 Å². The predicted molar refractivity (Wildman–Crippen MR) is 65.4 cm³/mol. The normalized spacial score (nSPS) is 12.0. The van der Waals surface area contributed by atoms with Gasteiger partial charge in [0, 0.05) is 20.2 Å². The first-order valence-electron chi connectivity index (χ1n) is 4.41. The summed E-state index contributed by atoms with van der Waals surface area (Å²) >= 11 is 11.9. The first-order chi connectivity index (χ1) is 7.45. The number of nitrogens with zero attached hydrogens (tertiary/aromatic N) is 2. The molecule has 86 valence electrons. The van der Waals surface area contributed by atoms with Gasteiger partial charge in [-0.3, -0.25) is 10.1 Å². The second-order valence-electron chi connectivity index (χ2n) is 3.27. The highest BCUT2D eigenvalue weighted by Crippen LogP contribution is 2.32. The Balaban J connectivity index is 3.34. The van der Waals surface area contributed by atoms with E-state index >= 15 is 0 Å². The lowest BCUT2D eigenvalue weighted by atomic mass is 10.2. The number of hydrogen-bond acceptors (Lipinski definition) is 3. The lowest BCUT2D eigenvalue weighted by Gasteiger charge is -2.12. The van der Waals surface area contributed by atoms with Gasteiger partial charge in [0.1, 0.15) is 5.16 Å². The average Bonchev–Trinajstić information content (AvgIpc) is 2.26. The van der Waals surface area contributed by atoms with Crippen LogP contribution in [0.5, 0.6) is 0 Å². The van der Waals surface area contributed by atoms with Crippen LogP contribution in [0.3, 0.4) is 0 Å². The van der Waals surface area contributed by atoms with Gasteiger partial charge in [0.15, 0.2) is 0 Å².